The Morgan fingerprint density at radius 1 is 1.29 bits per heavy atom. The van der Waals surface area contributed by atoms with Gasteiger partial charge in [-0.25, -0.2) is 0 Å². The minimum Gasteiger partial charge on any atom is -0.497 e. The van der Waals surface area contributed by atoms with E-state index in [1.165, 1.54) is 21.6 Å². The van der Waals surface area contributed by atoms with E-state index in [1.54, 1.807) is 7.11 Å². The van der Waals surface area contributed by atoms with E-state index in [-0.39, 0.29) is 6.04 Å². The zero-order chi connectivity index (χ0) is 14.8. The van der Waals surface area contributed by atoms with Crippen molar-refractivity contribution in [2.24, 2.45) is 5.84 Å². The number of methoxy groups -OCH3 is 1. The highest BCUT2D eigenvalue weighted by Gasteiger charge is 2.31. The second-order valence-corrected chi connectivity index (χ2v) is 6.38. The zero-order valence-electron chi connectivity index (χ0n) is 12.3. The highest BCUT2D eigenvalue weighted by molar-refractivity contribution is 7.99. The summed E-state index contributed by atoms with van der Waals surface area (Å²) in [6.07, 6.45) is 0. The molecule has 2 aromatic carbocycles. The maximum Gasteiger partial charge on any atom is 0.119 e. The van der Waals surface area contributed by atoms with E-state index in [0.717, 1.165) is 11.5 Å². The standard InChI is InChI=1S/C17H20N2OS/c1-11-9-12(20-2)7-8-13(11)17(19-18)15-10-21-16-6-4-3-5-14(15)16/h3-9,15,17,19H,10,18H2,1-2H3. The van der Waals surface area contributed by atoms with Crippen molar-refractivity contribution >= 4 is 11.8 Å². The number of benzene rings is 2. The van der Waals surface area contributed by atoms with Crippen LogP contribution in [0.1, 0.15) is 28.7 Å². The van der Waals surface area contributed by atoms with Gasteiger partial charge in [0.2, 0.25) is 0 Å². The van der Waals surface area contributed by atoms with Crippen LogP contribution >= 0.6 is 11.8 Å². The van der Waals surface area contributed by atoms with Crippen molar-refractivity contribution in [3.8, 4) is 5.75 Å². The molecule has 0 aromatic heterocycles. The van der Waals surface area contributed by atoms with E-state index < -0.39 is 0 Å². The van der Waals surface area contributed by atoms with Crippen LogP contribution in [0.15, 0.2) is 47.4 Å². The van der Waals surface area contributed by atoms with Crippen LogP contribution in [0.25, 0.3) is 0 Å². The van der Waals surface area contributed by atoms with Crippen LogP contribution in [0, 0.1) is 6.92 Å². The van der Waals surface area contributed by atoms with Crippen molar-refractivity contribution in [1.82, 2.24) is 5.43 Å². The minimum absolute atomic E-state index is 0.118. The molecule has 2 unspecified atom stereocenters. The highest BCUT2D eigenvalue weighted by atomic mass is 32.2. The summed E-state index contributed by atoms with van der Waals surface area (Å²) in [6, 6.07) is 14.9. The molecule has 1 aliphatic heterocycles. The molecule has 2 atom stereocenters. The lowest BCUT2D eigenvalue weighted by molar-refractivity contribution is 0.413. The second kappa shape index (κ2) is 6.10. The lowest BCUT2D eigenvalue weighted by Crippen LogP contribution is -2.33. The first-order chi connectivity index (χ1) is 10.2. The van der Waals surface area contributed by atoms with E-state index in [4.69, 9.17) is 10.6 Å². The Kier molecular flexibility index (Phi) is 4.19. The van der Waals surface area contributed by atoms with Gasteiger partial charge in [0, 0.05) is 16.6 Å². The molecule has 1 aliphatic rings. The van der Waals surface area contributed by atoms with E-state index in [1.807, 2.05) is 17.8 Å². The molecule has 4 heteroatoms. The quantitative estimate of drug-likeness (QED) is 0.671. The van der Waals surface area contributed by atoms with Crippen molar-refractivity contribution in [3.63, 3.8) is 0 Å². The predicted molar refractivity (Wildman–Crippen MR) is 87.7 cm³/mol. The van der Waals surface area contributed by atoms with Crippen molar-refractivity contribution < 1.29 is 4.74 Å². The highest BCUT2D eigenvalue weighted by Crippen LogP contribution is 2.45. The lowest BCUT2D eigenvalue weighted by Gasteiger charge is -2.25. The molecule has 0 spiro atoms. The molecule has 110 valence electrons. The molecule has 0 fully saturated rings. The monoisotopic (exact) mass is 300 g/mol. The van der Waals surface area contributed by atoms with Gasteiger partial charge in [0.15, 0.2) is 0 Å². The number of ether oxygens (including phenoxy) is 1. The number of fused-ring (bicyclic) bond motifs is 1. The van der Waals surface area contributed by atoms with Crippen molar-refractivity contribution in [2.45, 2.75) is 23.8 Å². The molecule has 0 saturated heterocycles. The van der Waals surface area contributed by atoms with Crippen LogP contribution < -0.4 is 16.0 Å². The molecule has 3 nitrogen and oxygen atoms in total. The van der Waals surface area contributed by atoms with Gasteiger partial charge in [0.1, 0.15) is 5.75 Å². The van der Waals surface area contributed by atoms with Gasteiger partial charge in [0.25, 0.3) is 0 Å². The molecule has 0 amide bonds. The fourth-order valence-electron chi connectivity index (χ4n) is 3.01. The Morgan fingerprint density at radius 2 is 2.10 bits per heavy atom. The number of nitrogens with two attached hydrogens (primary N) is 1. The van der Waals surface area contributed by atoms with Gasteiger partial charge < -0.3 is 4.74 Å². The third kappa shape index (κ3) is 2.67. The first-order valence-electron chi connectivity index (χ1n) is 7.07. The summed E-state index contributed by atoms with van der Waals surface area (Å²) in [6.45, 7) is 2.11. The SMILES string of the molecule is COc1ccc(C(NN)C2CSc3ccccc32)c(C)c1. The van der Waals surface area contributed by atoms with Gasteiger partial charge >= 0.3 is 0 Å². The Morgan fingerprint density at radius 3 is 2.81 bits per heavy atom. The number of hydrazine groups is 1. The molecule has 0 radical (unpaired) electrons. The van der Waals surface area contributed by atoms with Crippen LogP contribution in [0.4, 0.5) is 0 Å². The third-order valence-corrected chi connectivity index (χ3v) is 5.34. The predicted octanol–water partition coefficient (Wildman–Crippen LogP) is 3.40. The number of thioether (sulfide) groups is 1. The summed E-state index contributed by atoms with van der Waals surface area (Å²) in [4.78, 5) is 1.37. The number of hydrogen-bond donors (Lipinski definition) is 2. The Labute approximate surface area is 129 Å². The Balaban J connectivity index is 1.97. The largest absolute Gasteiger partial charge is 0.497 e. The lowest BCUT2D eigenvalue weighted by atomic mass is 9.87. The first kappa shape index (κ1) is 14.4. The van der Waals surface area contributed by atoms with E-state index in [2.05, 4.69) is 48.7 Å². The summed E-state index contributed by atoms with van der Waals surface area (Å²) in [5.74, 6) is 8.22. The van der Waals surface area contributed by atoms with Crippen molar-refractivity contribution in [2.75, 3.05) is 12.9 Å². The smallest absolute Gasteiger partial charge is 0.119 e. The summed E-state index contributed by atoms with van der Waals surface area (Å²) in [5, 5.41) is 0. The summed E-state index contributed by atoms with van der Waals surface area (Å²) < 4.78 is 5.29. The van der Waals surface area contributed by atoms with Crippen molar-refractivity contribution in [1.29, 1.82) is 0 Å². The molecule has 0 bridgehead atoms. The van der Waals surface area contributed by atoms with E-state index >= 15 is 0 Å². The van der Waals surface area contributed by atoms with Gasteiger partial charge in [0.05, 0.1) is 13.2 Å². The van der Waals surface area contributed by atoms with Gasteiger partial charge in [-0.15, -0.1) is 11.8 Å². The molecule has 0 saturated carbocycles. The molecular formula is C17H20N2OS. The van der Waals surface area contributed by atoms with Gasteiger partial charge in [-0.05, 0) is 41.8 Å². The first-order valence-corrected chi connectivity index (χ1v) is 8.05. The average Bonchev–Trinajstić information content (AvgIpc) is 2.94. The van der Waals surface area contributed by atoms with Crippen LogP contribution in [-0.4, -0.2) is 12.9 Å². The second-order valence-electron chi connectivity index (χ2n) is 5.32. The molecule has 3 N–H and O–H groups in total. The normalized spacial score (nSPS) is 18.3. The summed E-state index contributed by atoms with van der Waals surface area (Å²) in [7, 11) is 1.69. The number of hydrogen-bond acceptors (Lipinski definition) is 4. The molecule has 3 rings (SSSR count). The molecule has 21 heavy (non-hydrogen) atoms. The van der Waals surface area contributed by atoms with Crippen LogP contribution in [0.3, 0.4) is 0 Å². The fourth-order valence-corrected chi connectivity index (χ4v) is 4.30. The van der Waals surface area contributed by atoms with Crippen LogP contribution in [0.5, 0.6) is 5.75 Å². The average molecular weight is 300 g/mol. The topological polar surface area (TPSA) is 47.3 Å². The molecule has 0 aliphatic carbocycles. The van der Waals surface area contributed by atoms with Crippen LogP contribution in [0.2, 0.25) is 0 Å². The maximum atomic E-state index is 5.89. The summed E-state index contributed by atoms with van der Waals surface area (Å²) in [5.41, 5.74) is 6.85. The van der Waals surface area contributed by atoms with Gasteiger partial charge in [-0.1, -0.05) is 24.3 Å². The number of nitrogens with one attached hydrogen (secondary N) is 1. The van der Waals surface area contributed by atoms with Crippen molar-refractivity contribution in [3.05, 3.63) is 59.2 Å². The minimum atomic E-state index is 0.118. The maximum absolute atomic E-state index is 5.89. The van der Waals surface area contributed by atoms with Gasteiger partial charge in [-0.3, -0.25) is 11.3 Å². The number of aryl methyl sites for hydroxylation is 1. The molecular weight excluding hydrogens is 280 g/mol. The Bertz CT molecular complexity index is 644. The van der Waals surface area contributed by atoms with Gasteiger partial charge in [-0.2, -0.15) is 0 Å². The zero-order valence-corrected chi connectivity index (χ0v) is 13.1. The molecule has 1 heterocycles. The fraction of sp³-hybridized carbons (Fsp3) is 0.294. The summed E-state index contributed by atoms with van der Waals surface area (Å²) >= 11 is 1.91. The Hall–Kier alpha value is -1.49. The van der Waals surface area contributed by atoms with E-state index in [0.29, 0.717) is 5.92 Å². The van der Waals surface area contributed by atoms with E-state index in [9.17, 15) is 0 Å². The third-order valence-electron chi connectivity index (χ3n) is 4.13. The molecule has 2 aromatic rings. The number of rotatable bonds is 4. The van der Waals surface area contributed by atoms with Crippen LogP contribution in [-0.2, 0) is 0 Å².